The van der Waals surface area contributed by atoms with Gasteiger partial charge in [-0.1, -0.05) is 13.8 Å². The van der Waals surface area contributed by atoms with Crippen LogP contribution in [0, 0.1) is 0 Å². The molecular weight excluding hydrogens is 220 g/mol. The van der Waals surface area contributed by atoms with Crippen LogP contribution in [0.1, 0.15) is 20.3 Å². The van der Waals surface area contributed by atoms with E-state index in [0.29, 0.717) is 6.54 Å². The summed E-state index contributed by atoms with van der Waals surface area (Å²) in [5, 5.41) is 3.24. The number of methoxy groups -OCH3 is 1. The zero-order valence-electron chi connectivity index (χ0n) is 11.1. The maximum absolute atomic E-state index is 11.7. The first-order valence-corrected chi connectivity index (χ1v) is 6.27. The van der Waals surface area contributed by atoms with E-state index in [1.54, 1.807) is 0 Å². The maximum atomic E-state index is 11.7. The lowest BCUT2D eigenvalue weighted by Crippen LogP contribution is -2.49. The first-order chi connectivity index (χ1) is 8.13. The molecule has 5 nitrogen and oxygen atoms in total. The van der Waals surface area contributed by atoms with E-state index < -0.39 is 0 Å². The van der Waals surface area contributed by atoms with Gasteiger partial charge in [0.2, 0.25) is 0 Å². The van der Waals surface area contributed by atoms with Crippen molar-refractivity contribution in [3.63, 3.8) is 0 Å². The van der Waals surface area contributed by atoms with E-state index in [9.17, 15) is 4.79 Å². The van der Waals surface area contributed by atoms with E-state index in [4.69, 9.17) is 9.47 Å². The molecule has 100 valence electrons. The Bertz CT molecular complexity index is 226. The molecule has 0 radical (unpaired) electrons. The first-order valence-electron chi connectivity index (χ1n) is 6.27. The molecule has 1 rings (SSSR count). The molecule has 0 aromatic rings. The highest BCUT2D eigenvalue weighted by atomic mass is 16.5. The molecule has 1 aliphatic heterocycles. The predicted molar refractivity (Wildman–Crippen MR) is 66.0 cm³/mol. The summed E-state index contributed by atoms with van der Waals surface area (Å²) in [6.45, 7) is 8.17. The zero-order chi connectivity index (χ0) is 12.7. The standard InChI is InChI=1S/C12H24N2O3/c1-10(2)13-11(12(15)16-3)9-14-5-4-7-17-8-6-14/h10-11,13H,4-9H2,1-3H3. The number of carbonyl (C=O) groups is 1. The van der Waals surface area contributed by atoms with Gasteiger partial charge < -0.3 is 14.8 Å². The van der Waals surface area contributed by atoms with Crippen molar-refractivity contribution < 1.29 is 14.3 Å². The largest absolute Gasteiger partial charge is 0.468 e. The van der Waals surface area contributed by atoms with Crippen molar-refractivity contribution in [1.82, 2.24) is 10.2 Å². The van der Waals surface area contributed by atoms with Gasteiger partial charge in [0.1, 0.15) is 6.04 Å². The van der Waals surface area contributed by atoms with E-state index in [2.05, 4.69) is 10.2 Å². The van der Waals surface area contributed by atoms with Gasteiger partial charge in [0.25, 0.3) is 0 Å². The highest BCUT2D eigenvalue weighted by Gasteiger charge is 2.23. The van der Waals surface area contributed by atoms with E-state index in [-0.39, 0.29) is 18.1 Å². The third kappa shape index (κ3) is 5.48. The van der Waals surface area contributed by atoms with Gasteiger partial charge in [0.05, 0.1) is 13.7 Å². The molecule has 0 aromatic heterocycles. The molecule has 1 N–H and O–H groups in total. The van der Waals surface area contributed by atoms with Crippen molar-refractivity contribution >= 4 is 5.97 Å². The van der Waals surface area contributed by atoms with Gasteiger partial charge in [0.15, 0.2) is 0 Å². The summed E-state index contributed by atoms with van der Waals surface area (Å²) in [6, 6.07) is 0.0143. The van der Waals surface area contributed by atoms with Gasteiger partial charge in [-0.3, -0.25) is 9.69 Å². The van der Waals surface area contributed by atoms with Gasteiger partial charge in [-0.15, -0.1) is 0 Å². The molecule has 17 heavy (non-hydrogen) atoms. The van der Waals surface area contributed by atoms with Crippen molar-refractivity contribution in [2.75, 3.05) is 40.0 Å². The van der Waals surface area contributed by atoms with Gasteiger partial charge >= 0.3 is 5.97 Å². The van der Waals surface area contributed by atoms with Crippen LogP contribution in [0.4, 0.5) is 0 Å². The van der Waals surface area contributed by atoms with Crippen LogP contribution >= 0.6 is 0 Å². The molecule has 1 unspecified atom stereocenters. The third-order valence-corrected chi connectivity index (χ3v) is 2.78. The fourth-order valence-electron chi connectivity index (χ4n) is 1.98. The number of rotatable bonds is 5. The van der Waals surface area contributed by atoms with Crippen LogP contribution in [-0.2, 0) is 14.3 Å². The summed E-state index contributed by atoms with van der Waals surface area (Å²) in [5.74, 6) is -0.191. The van der Waals surface area contributed by atoms with E-state index >= 15 is 0 Å². The lowest BCUT2D eigenvalue weighted by Gasteiger charge is -2.26. The second kappa shape index (κ2) is 7.63. The quantitative estimate of drug-likeness (QED) is 0.703. The number of hydrogen-bond acceptors (Lipinski definition) is 5. The van der Waals surface area contributed by atoms with Crippen molar-refractivity contribution in [3.8, 4) is 0 Å². The van der Waals surface area contributed by atoms with Crippen molar-refractivity contribution in [2.45, 2.75) is 32.4 Å². The van der Waals surface area contributed by atoms with Crippen LogP contribution in [0.5, 0.6) is 0 Å². The van der Waals surface area contributed by atoms with E-state index in [1.807, 2.05) is 13.8 Å². The fourth-order valence-corrected chi connectivity index (χ4v) is 1.98. The molecule has 1 fully saturated rings. The van der Waals surface area contributed by atoms with Gasteiger partial charge in [-0.2, -0.15) is 0 Å². The Morgan fingerprint density at radius 1 is 1.41 bits per heavy atom. The van der Waals surface area contributed by atoms with Crippen LogP contribution in [0.25, 0.3) is 0 Å². The second-order valence-electron chi connectivity index (χ2n) is 4.66. The lowest BCUT2D eigenvalue weighted by atomic mass is 10.2. The SMILES string of the molecule is COC(=O)C(CN1CCCOCC1)NC(C)C. The Morgan fingerprint density at radius 2 is 2.18 bits per heavy atom. The van der Waals surface area contributed by atoms with Crippen molar-refractivity contribution in [2.24, 2.45) is 0 Å². The molecule has 0 bridgehead atoms. The third-order valence-electron chi connectivity index (χ3n) is 2.78. The summed E-state index contributed by atoms with van der Waals surface area (Å²) in [4.78, 5) is 13.9. The average molecular weight is 244 g/mol. The van der Waals surface area contributed by atoms with Crippen LogP contribution in [0.3, 0.4) is 0 Å². The Morgan fingerprint density at radius 3 is 2.82 bits per heavy atom. The lowest BCUT2D eigenvalue weighted by molar-refractivity contribution is -0.143. The van der Waals surface area contributed by atoms with Gasteiger partial charge in [0, 0.05) is 32.3 Å². The maximum Gasteiger partial charge on any atom is 0.324 e. The Balaban J connectivity index is 2.48. The minimum Gasteiger partial charge on any atom is -0.468 e. The van der Waals surface area contributed by atoms with Crippen LogP contribution in [0.2, 0.25) is 0 Å². The van der Waals surface area contributed by atoms with Crippen molar-refractivity contribution in [3.05, 3.63) is 0 Å². The Labute approximate surface area is 103 Å². The number of hydrogen-bond donors (Lipinski definition) is 1. The molecule has 1 heterocycles. The topological polar surface area (TPSA) is 50.8 Å². The van der Waals surface area contributed by atoms with Gasteiger partial charge in [-0.05, 0) is 6.42 Å². The number of nitrogens with one attached hydrogen (secondary N) is 1. The minimum absolute atomic E-state index is 0.191. The number of nitrogens with zero attached hydrogens (tertiary/aromatic N) is 1. The summed E-state index contributed by atoms with van der Waals surface area (Å²) < 4.78 is 10.2. The zero-order valence-corrected chi connectivity index (χ0v) is 11.1. The number of ether oxygens (including phenoxy) is 2. The highest BCUT2D eigenvalue weighted by molar-refractivity contribution is 5.75. The summed E-state index contributed by atoms with van der Waals surface area (Å²) >= 11 is 0. The fraction of sp³-hybridized carbons (Fsp3) is 0.917. The molecule has 0 aliphatic carbocycles. The van der Waals surface area contributed by atoms with E-state index in [0.717, 1.165) is 32.7 Å². The summed E-state index contributed by atoms with van der Waals surface area (Å²) in [6.07, 6.45) is 1.02. The van der Waals surface area contributed by atoms with E-state index in [1.165, 1.54) is 7.11 Å². The number of carbonyl (C=O) groups excluding carboxylic acids is 1. The van der Waals surface area contributed by atoms with Gasteiger partial charge in [-0.25, -0.2) is 0 Å². The van der Waals surface area contributed by atoms with Crippen LogP contribution in [-0.4, -0.2) is 62.9 Å². The Hall–Kier alpha value is -0.650. The van der Waals surface area contributed by atoms with Crippen LogP contribution in [0.15, 0.2) is 0 Å². The first kappa shape index (κ1) is 14.4. The molecule has 0 aromatic carbocycles. The Kier molecular flexibility index (Phi) is 6.47. The van der Waals surface area contributed by atoms with Crippen molar-refractivity contribution in [1.29, 1.82) is 0 Å². The highest BCUT2D eigenvalue weighted by Crippen LogP contribution is 2.02. The normalized spacial score (nSPS) is 20.0. The molecular formula is C12H24N2O3. The minimum atomic E-state index is -0.252. The smallest absolute Gasteiger partial charge is 0.324 e. The molecule has 5 heteroatoms. The second-order valence-corrected chi connectivity index (χ2v) is 4.66. The molecule has 0 spiro atoms. The summed E-state index contributed by atoms with van der Waals surface area (Å²) in [7, 11) is 1.43. The molecule has 1 atom stereocenters. The molecule has 0 saturated carbocycles. The monoisotopic (exact) mass is 244 g/mol. The predicted octanol–water partition coefficient (Wildman–Crippen LogP) is 0.248. The van der Waals surface area contributed by atoms with Crippen LogP contribution < -0.4 is 5.32 Å². The molecule has 1 aliphatic rings. The molecule has 0 amide bonds. The number of esters is 1. The average Bonchev–Trinajstić information content (AvgIpc) is 2.55. The summed E-state index contributed by atoms with van der Waals surface area (Å²) in [5.41, 5.74) is 0. The molecule has 1 saturated heterocycles.